The molecule has 1 fully saturated rings. The molecular weight excluding hydrogens is 379 g/mol. The fraction of sp³-hybridized carbons (Fsp3) is 0.333. The summed E-state index contributed by atoms with van der Waals surface area (Å²) in [7, 11) is 1.63. The van der Waals surface area contributed by atoms with Crippen molar-refractivity contribution in [2.24, 2.45) is 5.92 Å². The second kappa shape index (κ2) is 9.00. The third-order valence-electron chi connectivity index (χ3n) is 5.71. The molecule has 0 unspecified atom stereocenters. The molecule has 6 heteroatoms. The first-order chi connectivity index (χ1) is 14.7. The number of anilines is 1. The number of hydrogen-bond acceptors (Lipinski definition) is 4. The lowest BCUT2D eigenvalue weighted by Gasteiger charge is -2.21. The third kappa shape index (κ3) is 4.30. The van der Waals surface area contributed by atoms with Gasteiger partial charge in [0, 0.05) is 18.2 Å². The van der Waals surface area contributed by atoms with E-state index in [-0.39, 0.29) is 5.56 Å². The Balaban J connectivity index is 1.67. The number of methoxy groups -OCH3 is 1. The first kappa shape index (κ1) is 20.0. The van der Waals surface area contributed by atoms with E-state index in [1.54, 1.807) is 17.9 Å². The maximum atomic E-state index is 14.3. The van der Waals surface area contributed by atoms with Gasteiger partial charge in [0.1, 0.15) is 23.5 Å². The highest BCUT2D eigenvalue weighted by Gasteiger charge is 2.17. The Morgan fingerprint density at radius 2 is 1.90 bits per heavy atom. The molecule has 0 atom stereocenters. The smallest absolute Gasteiger partial charge is 0.149 e. The van der Waals surface area contributed by atoms with Gasteiger partial charge in [0.15, 0.2) is 0 Å². The van der Waals surface area contributed by atoms with E-state index >= 15 is 0 Å². The zero-order chi connectivity index (χ0) is 20.9. The minimum Gasteiger partial charge on any atom is -0.497 e. The van der Waals surface area contributed by atoms with E-state index in [0.717, 1.165) is 29.5 Å². The summed E-state index contributed by atoms with van der Waals surface area (Å²) in [5, 5.41) is 17.2. The number of aromatic nitrogens is 2. The summed E-state index contributed by atoms with van der Waals surface area (Å²) in [6, 6.07) is 16.0. The molecule has 4 rings (SSSR count). The summed E-state index contributed by atoms with van der Waals surface area (Å²) in [5.41, 5.74) is 2.31. The Labute approximate surface area is 176 Å². The van der Waals surface area contributed by atoms with Crippen LogP contribution in [0.5, 0.6) is 5.75 Å². The number of benzene rings is 2. The molecule has 1 N–H and O–H groups in total. The molecule has 1 aromatic heterocycles. The lowest BCUT2D eigenvalue weighted by molar-refractivity contribution is 0.373. The maximum absolute atomic E-state index is 14.3. The van der Waals surface area contributed by atoms with Gasteiger partial charge in [0.05, 0.1) is 24.1 Å². The molecule has 1 aliphatic carbocycles. The largest absolute Gasteiger partial charge is 0.497 e. The van der Waals surface area contributed by atoms with Crippen LogP contribution in [0.1, 0.15) is 37.7 Å². The molecule has 1 heterocycles. The van der Waals surface area contributed by atoms with Crippen LogP contribution in [-0.2, 0) is 0 Å². The molecule has 0 aliphatic heterocycles. The summed E-state index contributed by atoms with van der Waals surface area (Å²) in [6.45, 7) is 0.890. The van der Waals surface area contributed by atoms with Gasteiger partial charge in [-0.25, -0.2) is 9.07 Å². The lowest BCUT2D eigenvalue weighted by atomic mass is 9.89. The summed E-state index contributed by atoms with van der Waals surface area (Å²) < 4.78 is 21.3. The zero-order valence-corrected chi connectivity index (χ0v) is 17.1. The van der Waals surface area contributed by atoms with E-state index in [1.807, 2.05) is 36.4 Å². The number of hydrogen-bond donors (Lipinski definition) is 1. The molecule has 30 heavy (non-hydrogen) atoms. The van der Waals surface area contributed by atoms with Crippen LogP contribution in [0.25, 0.3) is 16.9 Å². The van der Waals surface area contributed by atoms with E-state index in [9.17, 15) is 4.39 Å². The highest BCUT2D eigenvalue weighted by atomic mass is 19.1. The van der Waals surface area contributed by atoms with Crippen molar-refractivity contribution >= 4 is 5.82 Å². The average Bonchev–Trinajstić information content (AvgIpc) is 3.23. The van der Waals surface area contributed by atoms with Crippen molar-refractivity contribution in [3.8, 4) is 28.8 Å². The molecule has 3 aromatic rings. The SMILES string of the molecule is COc1ccc(-n2nc(NCC3CCCCC3)cc2-c2ccc(C#N)c(F)c2)cc1. The first-order valence-corrected chi connectivity index (χ1v) is 10.4. The molecule has 1 aliphatic rings. The number of ether oxygens (including phenoxy) is 1. The number of nitrogens with one attached hydrogen (secondary N) is 1. The second-order valence-electron chi connectivity index (χ2n) is 7.72. The molecule has 154 valence electrons. The number of halogens is 1. The number of rotatable bonds is 6. The predicted octanol–water partition coefficient (Wildman–Crippen LogP) is 5.55. The van der Waals surface area contributed by atoms with Gasteiger partial charge in [-0.05, 0) is 55.2 Å². The standard InChI is InChI=1S/C24H25FN4O/c1-30-21-11-9-20(10-12-21)29-23(18-7-8-19(15-26)22(25)13-18)14-24(28-29)27-16-17-5-3-2-4-6-17/h7-14,17H,2-6,16H2,1H3,(H,27,28). The van der Waals surface area contributed by atoms with E-state index in [2.05, 4.69) is 5.32 Å². The molecule has 1 saturated carbocycles. The van der Waals surface area contributed by atoms with Gasteiger partial charge in [-0.1, -0.05) is 25.3 Å². The maximum Gasteiger partial charge on any atom is 0.149 e. The van der Waals surface area contributed by atoms with Crippen LogP contribution in [0.4, 0.5) is 10.2 Å². The van der Waals surface area contributed by atoms with Gasteiger partial charge in [-0.3, -0.25) is 0 Å². The molecule has 0 saturated heterocycles. The van der Waals surface area contributed by atoms with Crippen LogP contribution >= 0.6 is 0 Å². The highest BCUT2D eigenvalue weighted by Crippen LogP contribution is 2.29. The highest BCUT2D eigenvalue weighted by molar-refractivity contribution is 5.67. The van der Waals surface area contributed by atoms with E-state index in [0.29, 0.717) is 11.5 Å². The fourth-order valence-corrected chi connectivity index (χ4v) is 4.00. The Morgan fingerprint density at radius 1 is 1.13 bits per heavy atom. The molecule has 2 aromatic carbocycles. The van der Waals surface area contributed by atoms with Crippen LogP contribution in [0.15, 0.2) is 48.5 Å². The lowest BCUT2D eigenvalue weighted by Crippen LogP contribution is -2.17. The summed E-state index contributed by atoms with van der Waals surface area (Å²) in [5.74, 6) is 1.65. The first-order valence-electron chi connectivity index (χ1n) is 10.4. The monoisotopic (exact) mass is 404 g/mol. The molecular formula is C24H25FN4O. The predicted molar refractivity (Wildman–Crippen MR) is 115 cm³/mol. The van der Waals surface area contributed by atoms with Crippen LogP contribution in [0.3, 0.4) is 0 Å². The van der Waals surface area contributed by atoms with Crippen molar-refractivity contribution < 1.29 is 9.13 Å². The van der Waals surface area contributed by atoms with E-state index in [4.69, 9.17) is 15.1 Å². The second-order valence-corrected chi connectivity index (χ2v) is 7.72. The Kier molecular flexibility index (Phi) is 5.99. The van der Waals surface area contributed by atoms with Crippen molar-refractivity contribution in [3.63, 3.8) is 0 Å². The van der Waals surface area contributed by atoms with Gasteiger partial charge >= 0.3 is 0 Å². The van der Waals surface area contributed by atoms with E-state index < -0.39 is 5.82 Å². The third-order valence-corrected chi connectivity index (χ3v) is 5.71. The van der Waals surface area contributed by atoms with Crippen molar-refractivity contribution in [1.29, 1.82) is 5.26 Å². The average molecular weight is 404 g/mol. The molecule has 0 amide bonds. The van der Waals surface area contributed by atoms with Crippen LogP contribution in [0, 0.1) is 23.1 Å². The Bertz CT molecular complexity index is 1050. The summed E-state index contributed by atoms with van der Waals surface area (Å²) in [6.07, 6.45) is 6.42. The quantitative estimate of drug-likeness (QED) is 0.585. The minimum absolute atomic E-state index is 0.0323. The normalized spacial score (nSPS) is 14.3. The van der Waals surface area contributed by atoms with Crippen LogP contribution in [-0.4, -0.2) is 23.4 Å². The van der Waals surface area contributed by atoms with Crippen molar-refractivity contribution in [1.82, 2.24) is 9.78 Å². The van der Waals surface area contributed by atoms with E-state index in [1.165, 1.54) is 44.2 Å². The van der Waals surface area contributed by atoms with Crippen molar-refractivity contribution in [2.75, 3.05) is 19.0 Å². The van der Waals surface area contributed by atoms with Gasteiger partial charge in [-0.15, -0.1) is 5.10 Å². The molecule has 0 radical (unpaired) electrons. The zero-order valence-electron chi connectivity index (χ0n) is 17.1. The fourth-order valence-electron chi connectivity index (χ4n) is 4.00. The summed E-state index contributed by atoms with van der Waals surface area (Å²) in [4.78, 5) is 0. The van der Waals surface area contributed by atoms with Gasteiger partial charge in [0.2, 0.25) is 0 Å². The molecule has 0 spiro atoms. The molecule has 0 bridgehead atoms. The van der Waals surface area contributed by atoms with Crippen molar-refractivity contribution in [3.05, 3.63) is 59.9 Å². The Morgan fingerprint density at radius 3 is 2.57 bits per heavy atom. The Hall–Kier alpha value is -3.33. The summed E-state index contributed by atoms with van der Waals surface area (Å²) >= 11 is 0. The minimum atomic E-state index is -0.533. The number of nitriles is 1. The topological polar surface area (TPSA) is 62.9 Å². The van der Waals surface area contributed by atoms with Gasteiger partial charge in [-0.2, -0.15) is 5.26 Å². The van der Waals surface area contributed by atoms with Gasteiger partial charge < -0.3 is 10.1 Å². The van der Waals surface area contributed by atoms with Crippen LogP contribution < -0.4 is 10.1 Å². The molecule has 5 nitrogen and oxygen atoms in total. The van der Waals surface area contributed by atoms with Crippen molar-refractivity contribution in [2.45, 2.75) is 32.1 Å². The number of nitrogens with zero attached hydrogens (tertiary/aromatic N) is 3. The van der Waals surface area contributed by atoms with Gasteiger partial charge in [0.25, 0.3) is 0 Å². The van der Waals surface area contributed by atoms with Crippen LogP contribution in [0.2, 0.25) is 0 Å².